The third-order valence-corrected chi connectivity index (χ3v) is 3.27. The fraction of sp³-hybridized carbons (Fsp3) is 0.533. The third kappa shape index (κ3) is 3.49. The molecule has 20 heavy (non-hydrogen) atoms. The van der Waals surface area contributed by atoms with Crippen LogP contribution in [0.5, 0.6) is 5.75 Å². The molecule has 1 saturated heterocycles. The lowest BCUT2D eigenvalue weighted by Gasteiger charge is -2.34. The van der Waals surface area contributed by atoms with E-state index in [9.17, 15) is 9.90 Å². The van der Waals surface area contributed by atoms with Crippen molar-refractivity contribution in [1.29, 1.82) is 0 Å². The summed E-state index contributed by atoms with van der Waals surface area (Å²) in [6, 6.07) is 6.87. The molecule has 0 spiro atoms. The van der Waals surface area contributed by atoms with Crippen LogP contribution in [0.2, 0.25) is 0 Å². The number of benzene rings is 1. The second kappa shape index (κ2) is 7.26. The zero-order chi connectivity index (χ0) is 14.4. The molecule has 0 radical (unpaired) electrons. The van der Waals surface area contributed by atoms with Crippen molar-refractivity contribution in [2.75, 3.05) is 33.0 Å². The fourth-order valence-electron chi connectivity index (χ4n) is 2.15. The largest absolute Gasteiger partial charge is 0.494 e. The highest BCUT2D eigenvalue weighted by Crippen LogP contribution is 2.16. The SMILES string of the molecule is CCCOc1ccc(C(=O)N2CCOCC2CO)cc1. The van der Waals surface area contributed by atoms with E-state index in [1.807, 2.05) is 6.92 Å². The first kappa shape index (κ1) is 14.8. The molecule has 1 fully saturated rings. The number of hydrogen-bond donors (Lipinski definition) is 1. The van der Waals surface area contributed by atoms with Crippen molar-refractivity contribution >= 4 is 5.91 Å². The van der Waals surface area contributed by atoms with Gasteiger partial charge in [-0.2, -0.15) is 0 Å². The molecule has 1 N–H and O–H groups in total. The van der Waals surface area contributed by atoms with Crippen LogP contribution >= 0.6 is 0 Å². The van der Waals surface area contributed by atoms with Gasteiger partial charge in [0.1, 0.15) is 5.75 Å². The Bertz CT molecular complexity index is 432. The Morgan fingerprint density at radius 2 is 2.20 bits per heavy atom. The maximum atomic E-state index is 12.4. The molecule has 1 unspecified atom stereocenters. The molecule has 110 valence electrons. The van der Waals surface area contributed by atoms with Crippen LogP contribution in [0.15, 0.2) is 24.3 Å². The van der Waals surface area contributed by atoms with Crippen molar-refractivity contribution in [3.63, 3.8) is 0 Å². The number of carbonyl (C=O) groups excluding carboxylic acids is 1. The minimum Gasteiger partial charge on any atom is -0.494 e. The molecule has 0 saturated carbocycles. The Kier molecular flexibility index (Phi) is 5.38. The quantitative estimate of drug-likeness (QED) is 0.883. The van der Waals surface area contributed by atoms with E-state index in [4.69, 9.17) is 9.47 Å². The molecule has 1 aliphatic heterocycles. The first-order valence-corrected chi connectivity index (χ1v) is 6.98. The lowest BCUT2D eigenvalue weighted by atomic mass is 10.1. The van der Waals surface area contributed by atoms with Crippen LogP contribution in [0.4, 0.5) is 0 Å². The van der Waals surface area contributed by atoms with E-state index in [1.54, 1.807) is 29.2 Å². The molecule has 1 amide bonds. The van der Waals surface area contributed by atoms with E-state index >= 15 is 0 Å². The summed E-state index contributed by atoms with van der Waals surface area (Å²) in [5.41, 5.74) is 0.606. The van der Waals surface area contributed by atoms with Crippen molar-refractivity contribution in [2.45, 2.75) is 19.4 Å². The molecule has 2 rings (SSSR count). The minimum atomic E-state index is -0.257. The van der Waals surface area contributed by atoms with Gasteiger partial charge in [0.05, 0.1) is 32.5 Å². The van der Waals surface area contributed by atoms with E-state index in [-0.39, 0.29) is 18.6 Å². The van der Waals surface area contributed by atoms with Crippen LogP contribution in [0, 0.1) is 0 Å². The van der Waals surface area contributed by atoms with Crippen LogP contribution in [-0.4, -0.2) is 54.9 Å². The number of ether oxygens (including phenoxy) is 2. The molecular weight excluding hydrogens is 258 g/mol. The normalized spacial score (nSPS) is 18.9. The number of aliphatic hydroxyl groups is 1. The summed E-state index contributed by atoms with van der Waals surface area (Å²) >= 11 is 0. The highest BCUT2D eigenvalue weighted by atomic mass is 16.5. The number of nitrogens with zero attached hydrogens (tertiary/aromatic N) is 1. The van der Waals surface area contributed by atoms with Gasteiger partial charge >= 0.3 is 0 Å². The second-order valence-electron chi connectivity index (χ2n) is 4.78. The molecule has 5 heteroatoms. The predicted molar refractivity (Wildman–Crippen MR) is 75.0 cm³/mol. The number of carbonyl (C=O) groups is 1. The van der Waals surface area contributed by atoms with Crippen LogP contribution in [0.3, 0.4) is 0 Å². The molecule has 1 atom stereocenters. The topological polar surface area (TPSA) is 59.0 Å². The van der Waals surface area contributed by atoms with Crippen molar-refractivity contribution in [3.8, 4) is 5.75 Å². The van der Waals surface area contributed by atoms with Crippen LogP contribution in [0.25, 0.3) is 0 Å². The molecule has 0 aliphatic carbocycles. The summed E-state index contributed by atoms with van der Waals surface area (Å²) in [6.45, 7) is 4.05. The fourth-order valence-corrected chi connectivity index (χ4v) is 2.15. The van der Waals surface area contributed by atoms with E-state index in [0.717, 1.165) is 12.2 Å². The molecule has 1 aromatic carbocycles. The van der Waals surface area contributed by atoms with Crippen molar-refractivity contribution in [1.82, 2.24) is 4.90 Å². The molecule has 1 aliphatic rings. The molecule has 0 aromatic heterocycles. The molecular formula is C15H21NO4. The molecule has 1 aromatic rings. The summed E-state index contributed by atoms with van der Waals surface area (Å²) in [7, 11) is 0. The van der Waals surface area contributed by atoms with Gasteiger partial charge in [0.2, 0.25) is 0 Å². The standard InChI is InChI=1S/C15H21NO4/c1-2-8-20-14-5-3-12(4-6-14)15(18)16-7-9-19-11-13(16)10-17/h3-6,13,17H,2,7-11H2,1H3. The Morgan fingerprint density at radius 3 is 2.85 bits per heavy atom. The van der Waals surface area contributed by atoms with E-state index in [2.05, 4.69) is 0 Å². The predicted octanol–water partition coefficient (Wildman–Crippen LogP) is 1.31. The van der Waals surface area contributed by atoms with E-state index in [0.29, 0.717) is 31.9 Å². The van der Waals surface area contributed by atoms with Crippen LogP contribution in [0.1, 0.15) is 23.7 Å². The Labute approximate surface area is 119 Å². The Morgan fingerprint density at radius 1 is 1.45 bits per heavy atom. The maximum absolute atomic E-state index is 12.4. The Hall–Kier alpha value is -1.59. The highest BCUT2D eigenvalue weighted by Gasteiger charge is 2.27. The van der Waals surface area contributed by atoms with Gasteiger partial charge in [0, 0.05) is 12.1 Å². The first-order valence-electron chi connectivity index (χ1n) is 6.98. The summed E-state index contributed by atoms with van der Waals surface area (Å²) in [4.78, 5) is 14.1. The van der Waals surface area contributed by atoms with Gasteiger partial charge in [-0.05, 0) is 30.7 Å². The van der Waals surface area contributed by atoms with Gasteiger partial charge in [0.15, 0.2) is 0 Å². The molecule has 5 nitrogen and oxygen atoms in total. The minimum absolute atomic E-state index is 0.0746. The van der Waals surface area contributed by atoms with Gasteiger partial charge in [-0.15, -0.1) is 0 Å². The average molecular weight is 279 g/mol. The van der Waals surface area contributed by atoms with Gasteiger partial charge in [-0.25, -0.2) is 0 Å². The third-order valence-electron chi connectivity index (χ3n) is 3.27. The Balaban J connectivity index is 2.04. The van der Waals surface area contributed by atoms with Crippen LogP contribution in [-0.2, 0) is 4.74 Å². The van der Waals surface area contributed by atoms with Gasteiger partial charge in [0.25, 0.3) is 5.91 Å². The monoisotopic (exact) mass is 279 g/mol. The van der Waals surface area contributed by atoms with Crippen molar-refractivity contribution in [2.24, 2.45) is 0 Å². The van der Waals surface area contributed by atoms with Crippen molar-refractivity contribution < 1.29 is 19.4 Å². The van der Waals surface area contributed by atoms with Crippen molar-refractivity contribution in [3.05, 3.63) is 29.8 Å². The smallest absolute Gasteiger partial charge is 0.254 e. The summed E-state index contributed by atoms with van der Waals surface area (Å²) < 4.78 is 10.8. The lowest BCUT2D eigenvalue weighted by molar-refractivity contribution is -0.0183. The first-order chi connectivity index (χ1) is 9.76. The summed E-state index contributed by atoms with van der Waals surface area (Å²) in [6.07, 6.45) is 0.951. The molecule has 1 heterocycles. The number of morpholine rings is 1. The maximum Gasteiger partial charge on any atom is 0.254 e. The van der Waals surface area contributed by atoms with Gasteiger partial charge in [-0.3, -0.25) is 4.79 Å². The van der Waals surface area contributed by atoms with E-state index in [1.165, 1.54) is 0 Å². The zero-order valence-corrected chi connectivity index (χ0v) is 11.7. The lowest BCUT2D eigenvalue weighted by Crippen LogP contribution is -2.50. The van der Waals surface area contributed by atoms with Crippen LogP contribution < -0.4 is 4.74 Å². The summed E-state index contributed by atoms with van der Waals surface area (Å²) in [5.74, 6) is 0.693. The second-order valence-corrected chi connectivity index (χ2v) is 4.78. The number of aliphatic hydroxyl groups excluding tert-OH is 1. The van der Waals surface area contributed by atoms with E-state index < -0.39 is 0 Å². The average Bonchev–Trinajstić information content (AvgIpc) is 2.52. The number of rotatable bonds is 5. The van der Waals surface area contributed by atoms with Gasteiger partial charge in [-0.1, -0.05) is 6.92 Å². The zero-order valence-electron chi connectivity index (χ0n) is 11.7. The number of amides is 1. The number of hydrogen-bond acceptors (Lipinski definition) is 4. The highest BCUT2D eigenvalue weighted by molar-refractivity contribution is 5.94. The molecule has 0 bridgehead atoms. The van der Waals surface area contributed by atoms with Gasteiger partial charge < -0.3 is 19.5 Å². The summed E-state index contributed by atoms with van der Waals surface area (Å²) in [5, 5.41) is 9.30.